The number of aromatic nitrogens is 3. The number of imidazole rings is 1. The van der Waals surface area contributed by atoms with Gasteiger partial charge in [0.2, 0.25) is 5.91 Å². The predicted octanol–water partition coefficient (Wildman–Crippen LogP) is 0.605. The number of rotatable bonds is 5. The third-order valence-corrected chi connectivity index (χ3v) is 5.41. The van der Waals surface area contributed by atoms with Gasteiger partial charge in [-0.05, 0) is 32.9 Å². The van der Waals surface area contributed by atoms with Crippen LogP contribution in [-0.2, 0) is 11.8 Å². The van der Waals surface area contributed by atoms with E-state index in [1.807, 2.05) is 25.6 Å². The minimum atomic E-state index is -0.140. The van der Waals surface area contributed by atoms with E-state index < -0.39 is 0 Å². The van der Waals surface area contributed by atoms with Crippen molar-refractivity contribution in [2.24, 2.45) is 7.05 Å². The zero-order valence-electron chi connectivity index (χ0n) is 15.7. The second-order valence-electron chi connectivity index (χ2n) is 6.89. The lowest BCUT2D eigenvalue weighted by molar-refractivity contribution is -0.121. The summed E-state index contributed by atoms with van der Waals surface area (Å²) in [5.74, 6) is 0.732. The molecule has 2 amide bonds. The molecule has 1 aliphatic heterocycles. The SMILES string of the molecule is CNC(=O)C[C@H]1CC[C@@H](CNC(=O)c2ccnc3c2nc(C)n3C)N1C. The number of hydrogen-bond acceptors (Lipinski definition) is 5. The number of carbonyl (C=O) groups excluding carboxylic acids is 2. The van der Waals surface area contributed by atoms with Crippen LogP contribution in [0.25, 0.3) is 11.2 Å². The van der Waals surface area contributed by atoms with Gasteiger partial charge in [-0.2, -0.15) is 0 Å². The molecule has 2 aromatic heterocycles. The van der Waals surface area contributed by atoms with Gasteiger partial charge in [0, 0.05) is 45.3 Å². The molecule has 3 heterocycles. The lowest BCUT2D eigenvalue weighted by Gasteiger charge is -2.25. The van der Waals surface area contributed by atoms with E-state index in [1.54, 1.807) is 19.3 Å². The summed E-state index contributed by atoms with van der Waals surface area (Å²) in [5.41, 5.74) is 1.88. The van der Waals surface area contributed by atoms with Crippen LogP contribution >= 0.6 is 0 Å². The summed E-state index contributed by atoms with van der Waals surface area (Å²) in [4.78, 5) is 35.3. The van der Waals surface area contributed by atoms with E-state index in [9.17, 15) is 9.59 Å². The third kappa shape index (κ3) is 3.41. The molecule has 0 radical (unpaired) electrons. The molecule has 1 aliphatic rings. The van der Waals surface area contributed by atoms with Gasteiger partial charge in [0.1, 0.15) is 11.3 Å². The first-order valence-electron chi connectivity index (χ1n) is 8.91. The molecule has 0 aromatic carbocycles. The first-order valence-corrected chi connectivity index (χ1v) is 8.91. The maximum Gasteiger partial charge on any atom is 0.253 e. The maximum absolute atomic E-state index is 12.7. The molecule has 8 heteroatoms. The van der Waals surface area contributed by atoms with E-state index in [0.29, 0.717) is 29.7 Å². The molecule has 2 aromatic rings. The van der Waals surface area contributed by atoms with Crippen molar-refractivity contribution >= 4 is 23.0 Å². The van der Waals surface area contributed by atoms with Crippen LogP contribution in [0, 0.1) is 6.92 Å². The van der Waals surface area contributed by atoms with Crippen molar-refractivity contribution in [3.63, 3.8) is 0 Å². The molecule has 2 atom stereocenters. The summed E-state index contributed by atoms with van der Waals surface area (Å²) in [5, 5.41) is 5.69. The quantitative estimate of drug-likeness (QED) is 0.817. The van der Waals surface area contributed by atoms with Crippen LogP contribution in [0.5, 0.6) is 0 Å². The first-order chi connectivity index (χ1) is 12.4. The Balaban J connectivity index is 1.65. The van der Waals surface area contributed by atoms with Crippen molar-refractivity contribution in [1.82, 2.24) is 30.1 Å². The van der Waals surface area contributed by atoms with Gasteiger partial charge in [-0.25, -0.2) is 9.97 Å². The van der Waals surface area contributed by atoms with Crippen LogP contribution in [0.4, 0.5) is 0 Å². The summed E-state index contributed by atoms with van der Waals surface area (Å²) >= 11 is 0. The van der Waals surface area contributed by atoms with E-state index in [-0.39, 0.29) is 23.9 Å². The second kappa shape index (κ2) is 7.41. The molecule has 0 bridgehead atoms. The summed E-state index contributed by atoms with van der Waals surface area (Å²) in [7, 11) is 5.56. The van der Waals surface area contributed by atoms with Crippen molar-refractivity contribution in [3.05, 3.63) is 23.7 Å². The van der Waals surface area contributed by atoms with Crippen molar-refractivity contribution in [1.29, 1.82) is 0 Å². The van der Waals surface area contributed by atoms with E-state index in [2.05, 4.69) is 25.5 Å². The fourth-order valence-corrected chi connectivity index (χ4v) is 3.58. The highest BCUT2D eigenvalue weighted by Crippen LogP contribution is 2.24. The highest BCUT2D eigenvalue weighted by Gasteiger charge is 2.31. The van der Waals surface area contributed by atoms with E-state index >= 15 is 0 Å². The molecule has 8 nitrogen and oxygen atoms in total. The third-order valence-electron chi connectivity index (χ3n) is 5.41. The van der Waals surface area contributed by atoms with Crippen LogP contribution in [0.3, 0.4) is 0 Å². The number of likely N-dealkylation sites (N-methyl/N-ethyl adjacent to an activating group) is 1. The lowest BCUT2D eigenvalue weighted by atomic mass is 10.1. The molecule has 26 heavy (non-hydrogen) atoms. The van der Waals surface area contributed by atoms with Crippen molar-refractivity contribution < 1.29 is 9.59 Å². The Morgan fingerprint density at radius 2 is 2.00 bits per heavy atom. The number of hydrogen-bond donors (Lipinski definition) is 2. The first kappa shape index (κ1) is 18.3. The number of likely N-dealkylation sites (tertiary alicyclic amines) is 1. The minimum absolute atomic E-state index is 0.0521. The predicted molar refractivity (Wildman–Crippen MR) is 98.8 cm³/mol. The van der Waals surface area contributed by atoms with Gasteiger partial charge >= 0.3 is 0 Å². The largest absolute Gasteiger partial charge is 0.359 e. The van der Waals surface area contributed by atoms with Crippen molar-refractivity contribution in [2.75, 3.05) is 20.6 Å². The Morgan fingerprint density at radius 3 is 2.73 bits per heavy atom. The normalized spacial score (nSPS) is 20.5. The van der Waals surface area contributed by atoms with Crippen molar-refractivity contribution in [2.45, 2.75) is 38.3 Å². The van der Waals surface area contributed by atoms with Gasteiger partial charge < -0.3 is 15.2 Å². The molecule has 0 saturated carbocycles. The second-order valence-corrected chi connectivity index (χ2v) is 6.89. The standard InChI is InChI=1S/C18H26N6O2/c1-11-22-16-14(7-8-20-17(16)23(11)3)18(26)21-10-13-6-5-12(24(13)4)9-15(25)19-2/h7-8,12-13H,5-6,9-10H2,1-4H3,(H,19,25)(H,21,26)/t12-,13+/m1/s1. The summed E-state index contributed by atoms with van der Waals surface area (Å²) in [6.07, 6.45) is 4.06. The fourth-order valence-electron chi connectivity index (χ4n) is 3.58. The van der Waals surface area contributed by atoms with E-state index in [0.717, 1.165) is 18.7 Å². The average molecular weight is 358 g/mol. The molecular weight excluding hydrogens is 332 g/mol. The molecule has 3 rings (SSSR count). The number of aryl methyl sites for hydroxylation is 2. The Morgan fingerprint density at radius 1 is 1.27 bits per heavy atom. The average Bonchev–Trinajstić information content (AvgIpc) is 3.13. The summed E-state index contributed by atoms with van der Waals surface area (Å²) in [6.45, 7) is 2.44. The number of nitrogens with one attached hydrogen (secondary N) is 2. The van der Waals surface area contributed by atoms with E-state index in [1.165, 1.54) is 0 Å². The number of carbonyl (C=O) groups is 2. The molecule has 0 aliphatic carbocycles. The van der Waals surface area contributed by atoms with Gasteiger partial charge in [-0.15, -0.1) is 0 Å². The van der Waals surface area contributed by atoms with Crippen molar-refractivity contribution in [3.8, 4) is 0 Å². The molecule has 1 saturated heterocycles. The Labute approximate surface area is 153 Å². The smallest absolute Gasteiger partial charge is 0.253 e. The molecular formula is C18H26N6O2. The van der Waals surface area contributed by atoms with Gasteiger partial charge in [-0.3, -0.25) is 14.5 Å². The van der Waals surface area contributed by atoms with Gasteiger partial charge in [0.15, 0.2) is 5.65 Å². The minimum Gasteiger partial charge on any atom is -0.359 e. The fraction of sp³-hybridized carbons (Fsp3) is 0.556. The van der Waals surface area contributed by atoms with Gasteiger partial charge in [-0.1, -0.05) is 0 Å². The lowest BCUT2D eigenvalue weighted by Crippen LogP contribution is -2.42. The highest BCUT2D eigenvalue weighted by molar-refractivity contribution is 6.04. The zero-order valence-corrected chi connectivity index (χ0v) is 15.7. The highest BCUT2D eigenvalue weighted by atomic mass is 16.2. The Bertz CT molecular complexity index is 830. The molecule has 1 fully saturated rings. The number of amides is 2. The van der Waals surface area contributed by atoms with Crippen LogP contribution in [0.2, 0.25) is 0 Å². The topological polar surface area (TPSA) is 92.1 Å². The van der Waals surface area contributed by atoms with E-state index in [4.69, 9.17) is 0 Å². The van der Waals surface area contributed by atoms with Gasteiger partial charge in [0.05, 0.1) is 5.56 Å². The van der Waals surface area contributed by atoms with Crippen LogP contribution in [0.1, 0.15) is 35.4 Å². The number of pyridine rings is 1. The monoisotopic (exact) mass is 358 g/mol. The molecule has 2 N–H and O–H groups in total. The maximum atomic E-state index is 12.7. The molecule has 0 spiro atoms. The van der Waals surface area contributed by atoms with Gasteiger partial charge in [0.25, 0.3) is 5.91 Å². The summed E-state index contributed by atoms with van der Waals surface area (Å²) in [6, 6.07) is 2.16. The number of fused-ring (bicyclic) bond motifs is 1. The Hall–Kier alpha value is -2.48. The zero-order chi connectivity index (χ0) is 18.8. The van der Waals surface area contributed by atoms with Crippen LogP contribution in [0.15, 0.2) is 12.3 Å². The molecule has 0 unspecified atom stereocenters. The van der Waals surface area contributed by atoms with Crippen LogP contribution in [-0.4, -0.2) is 64.0 Å². The Kier molecular flexibility index (Phi) is 5.22. The van der Waals surface area contributed by atoms with Crippen LogP contribution < -0.4 is 10.6 Å². The summed E-state index contributed by atoms with van der Waals surface area (Å²) < 4.78 is 1.88. The number of nitrogens with zero attached hydrogens (tertiary/aromatic N) is 4. The molecule has 140 valence electrons.